The summed E-state index contributed by atoms with van der Waals surface area (Å²) in [4.78, 5) is 21.7. The van der Waals surface area contributed by atoms with Crippen LogP contribution < -0.4 is 14.8 Å². The van der Waals surface area contributed by atoms with E-state index < -0.39 is 0 Å². The molecule has 30 heavy (non-hydrogen) atoms. The van der Waals surface area contributed by atoms with Gasteiger partial charge in [0.1, 0.15) is 16.2 Å². The largest absolute Gasteiger partial charge is 0.493 e. The van der Waals surface area contributed by atoms with Gasteiger partial charge in [-0.25, -0.2) is 9.97 Å². The van der Waals surface area contributed by atoms with Crippen LogP contribution in [0.5, 0.6) is 11.5 Å². The Kier molecular flexibility index (Phi) is 4.63. The van der Waals surface area contributed by atoms with Crippen molar-refractivity contribution in [3.63, 3.8) is 0 Å². The molecule has 2 heterocycles. The molecule has 4 aromatic rings. The Morgan fingerprint density at radius 3 is 2.70 bits per heavy atom. The Labute approximate surface area is 176 Å². The molecular weight excluding hydrogens is 402 g/mol. The normalized spacial score (nSPS) is 13.4. The molecule has 0 atom stereocenters. The number of hydrogen-bond acceptors (Lipinski definition) is 7. The van der Waals surface area contributed by atoms with Gasteiger partial charge in [-0.2, -0.15) is 0 Å². The number of oxazole rings is 1. The molecule has 0 aliphatic heterocycles. The van der Waals surface area contributed by atoms with Crippen LogP contribution in [0.1, 0.15) is 35.1 Å². The lowest BCUT2D eigenvalue weighted by atomic mass is 10.2. The first-order chi connectivity index (χ1) is 14.6. The third kappa shape index (κ3) is 3.50. The highest BCUT2D eigenvalue weighted by atomic mass is 32.1. The van der Waals surface area contributed by atoms with Gasteiger partial charge in [-0.1, -0.05) is 0 Å². The van der Waals surface area contributed by atoms with Crippen molar-refractivity contribution in [1.29, 1.82) is 0 Å². The zero-order valence-electron chi connectivity index (χ0n) is 16.5. The summed E-state index contributed by atoms with van der Waals surface area (Å²) in [5.74, 6) is 2.21. The quantitative estimate of drug-likeness (QED) is 0.466. The Morgan fingerprint density at radius 1 is 1.10 bits per heavy atom. The first-order valence-electron chi connectivity index (χ1n) is 9.54. The predicted molar refractivity (Wildman–Crippen MR) is 115 cm³/mol. The van der Waals surface area contributed by atoms with E-state index in [1.807, 2.05) is 36.4 Å². The highest BCUT2D eigenvalue weighted by Gasteiger charge is 2.29. The first-order valence-corrected chi connectivity index (χ1v) is 10.4. The molecule has 1 aliphatic rings. The van der Waals surface area contributed by atoms with Gasteiger partial charge in [-0.15, -0.1) is 11.3 Å². The molecule has 0 unspecified atom stereocenters. The summed E-state index contributed by atoms with van der Waals surface area (Å²) >= 11 is 1.39. The molecule has 2 aromatic heterocycles. The van der Waals surface area contributed by atoms with E-state index in [4.69, 9.17) is 13.9 Å². The second kappa shape index (κ2) is 7.46. The van der Waals surface area contributed by atoms with E-state index in [0.717, 1.165) is 40.4 Å². The summed E-state index contributed by atoms with van der Waals surface area (Å²) in [7, 11) is 3.17. The monoisotopic (exact) mass is 421 g/mol. The number of methoxy groups -OCH3 is 2. The fourth-order valence-corrected chi connectivity index (χ4v) is 4.00. The summed E-state index contributed by atoms with van der Waals surface area (Å²) < 4.78 is 16.4. The summed E-state index contributed by atoms with van der Waals surface area (Å²) in [6.07, 6.45) is 2.26. The van der Waals surface area contributed by atoms with Gasteiger partial charge < -0.3 is 19.2 Å². The van der Waals surface area contributed by atoms with Crippen LogP contribution in [0.3, 0.4) is 0 Å². The van der Waals surface area contributed by atoms with Crippen LogP contribution in [-0.4, -0.2) is 30.1 Å². The molecule has 2 aromatic carbocycles. The highest BCUT2D eigenvalue weighted by Crippen LogP contribution is 2.40. The molecule has 0 saturated heterocycles. The number of anilines is 1. The number of aromatic nitrogens is 2. The SMILES string of the molecule is COc1ccc(-c2nc(C(=O)Nc3ccc4oc(C5CC5)nc4c3)cs2)cc1OC. The molecule has 0 spiro atoms. The lowest BCUT2D eigenvalue weighted by Gasteiger charge is -2.08. The van der Waals surface area contributed by atoms with Crippen molar-refractivity contribution in [2.45, 2.75) is 18.8 Å². The molecule has 1 fully saturated rings. The Bertz CT molecular complexity index is 1240. The van der Waals surface area contributed by atoms with E-state index in [0.29, 0.717) is 28.8 Å². The molecule has 5 rings (SSSR count). The second-order valence-electron chi connectivity index (χ2n) is 7.07. The maximum atomic E-state index is 12.7. The minimum atomic E-state index is -0.275. The topological polar surface area (TPSA) is 86.5 Å². The number of hydrogen-bond donors (Lipinski definition) is 1. The summed E-state index contributed by atoms with van der Waals surface area (Å²) in [5, 5.41) is 5.35. The minimum absolute atomic E-state index is 0.275. The third-order valence-electron chi connectivity index (χ3n) is 4.96. The molecular formula is C22H19N3O4S. The summed E-state index contributed by atoms with van der Waals surface area (Å²) in [6, 6.07) is 11.0. The van der Waals surface area contributed by atoms with Crippen LogP contribution in [0, 0.1) is 0 Å². The van der Waals surface area contributed by atoms with Crippen molar-refractivity contribution in [1.82, 2.24) is 9.97 Å². The van der Waals surface area contributed by atoms with Gasteiger partial charge in [0.25, 0.3) is 5.91 Å². The Hall–Kier alpha value is -3.39. The average molecular weight is 421 g/mol. The van der Waals surface area contributed by atoms with Crippen LogP contribution in [0.15, 0.2) is 46.2 Å². The van der Waals surface area contributed by atoms with E-state index in [1.54, 1.807) is 19.6 Å². The summed E-state index contributed by atoms with van der Waals surface area (Å²) in [6.45, 7) is 0. The highest BCUT2D eigenvalue weighted by molar-refractivity contribution is 7.13. The number of nitrogens with zero attached hydrogens (tertiary/aromatic N) is 2. The first kappa shape index (κ1) is 18.6. The average Bonchev–Trinajstić information content (AvgIpc) is 3.34. The van der Waals surface area contributed by atoms with Gasteiger partial charge >= 0.3 is 0 Å². The number of ether oxygens (including phenoxy) is 2. The number of amides is 1. The number of thiazole rings is 1. The number of fused-ring (bicyclic) bond motifs is 1. The molecule has 7 nitrogen and oxygen atoms in total. The van der Waals surface area contributed by atoms with Crippen molar-refractivity contribution in [2.24, 2.45) is 0 Å². The number of benzene rings is 2. The maximum Gasteiger partial charge on any atom is 0.275 e. The van der Waals surface area contributed by atoms with Crippen molar-refractivity contribution in [2.75, 3.05) is 19.5 Å². The fraction of sp³-hybridized carbons (Fsp3) is 0.227. The Balaban J connectivity index is 1.35. The number of carbonyl (C=O) groups is 1. The number of nitrogens with one attached hydrogen (secondary N) is 1. The zero-order valence-corrected chi connectivity index (χ0v) is 17.3. The van der Waals surface area contributed by atoms with Crippen LogP contribution in [0.25, 0.3) is 21.7 Å². The van der Waals surface area contributed by atoms with Crippen molar-refractivity contribution in [3.8, 4) is 22.1 Å². The van der Waals surface area contributed by atoms with Gasteiger partial charge in [0.15, 0.2) is 23.0 Å². The molecule has 1 N–H and O–H groups in total. The molecule has 0 radical (unpaired) electrons. The van der Waals surface area contributed by atoms with Gasteiger partial charge in [-0.05, 0) is 49.2 Å². The lowest BCUT2D eigenvalue weighted by Crippen LogP contribution is -2.12. The minimum Gasteiger partial charge on any atom is -0.493 e. The van der Waals surface area contributed by atoms with Crippen LogP contribution in [0.4, 0.5) is 5.69 Å². The van der Waals surface area contributed by atoms with Crippen LogP contribution >= 0.6 is 11.3 Å². The van der Waals surface area contributed by atoms with E-state index >= 15 is 0 Å². The lowest BCUT2D eigenvalue weighted by molar-refractivity contribution is 0.102. The van der Waals surface area contributed by atoms with Crippen LogP contribution in [0.2, 0.25) is 0 Å². The van der Waals surface area contributed by atoms with E-state index in [2.05, 4.69) is 15.3 Å². The smallest absolute Gasteiger partial charge is 0.275 e. The molecule has 1 aliphatic carbocycles. The standard InChI is InChI=1S/C22H19N3O4S/c1-27-18-7-5-13(9-19(18)28-2)22-25-16(11-30-22)20(26)23-14-6-8-17-15(10-14)24-21(29-17)12-3-4-12/h5-12H,3-4H2,1-2H3,(H,23,26). The summed E-state index contributed by atoms with van der Waals surface area (Å²) in [5.41, 5.74) is 3.35. The van der Waals surface area contributed by atoms with Gasteiger partial charge in [0, 0.05) is 22.5 Å². The zero-order chi connectivity index (χ0) is 20.7. The van der Waals surface area contributed by atoms with Crippen LogP contribution in [-0.2, 0) is 0 Å². The molecule has 152 valence electrons. The van der Waals surface area contributed by atoms with E-state index in [9.17, 15) is 4.79 Å². The van der Waals surface area contributed by atoms with E-state index in [1.165, 1.54) is 11.3 Å². The molecule has 0 bridgehead atoms. The second-order valence-corrected chi connectivity index (χ2v) is 7.93. The van der Waals surface area contributed by atoms with Gasteiger partial charge in [0.05, 0.1) is 14.2 Å². The third-order valence-corrected chi connectivity index (χ3v) is 5.85. The molecule has 1 saturated carbocycles. The van der Waals surface area contributed by atoms with E-state index in [-0.39, 0.29) is 5.91 Å². The van der Waals surface area contributed by atoms with Crippen molar-refractivity contribution >= 4 is 34.0 Å². The Morgan fingerprint density at radius 2 is 1.93 bits per heavy atom. The van der Waals surface area contributed by atoms with Gasteiger partial charge in [0.2, 0.25) is 0 Å². The number of rotatable bonds is 6. The molecule has 8 heteroatoms. The van der Waals surface area contributed by atoms with Crippen molar-refractivity contribution in [3.05, 3.63) is 53.4 Å². The predicted octanol–water partition coefficient (Wildman–Crippen LogP) is 5.10. The van der Waals surface area contributed by atoms with Gasteiger partial charge in [-0.3, -0.25) is 4.79 Å². The van der Waals surface area contributed by atoms with Crippen molar-refractivity contribution < 1.29 is 18.7 Å². The fourth-order valence-electron chi connectivity index (χ4n) is 3.20. The number of carbonyl (C=O) groups excluding carboxylic acids is 1. The molecule has 1 amide bonds. The maximum absolute atomic E-state index is 12.7.